The summed E-state index contributed by atoms with van der Waals surface area (Å²) in [5, 5.41) is 8.81. The van der Waals surface area contributed by atoms with Crippen LogP contribution >= 0.6 is 11.6 Å². The number of carboxylic acids is 1. The maximum Gasteiger partial charge on any atom is 0.314 e. The molecule has 11 nitrogen and oxygen atoms in total. The van der Waals surface area contributed by atoms with Crippen molar-refractivity contribution >= 4 is 57.9 Å². The summed E-state index contributed by atoms with van der Waals surface area (Å²) in [6.45, 7) is 12.2. The summed E-state index contributed by atoms with van der Waals surface area (Å²) in [4.78, 5) is 100. The van der Waals surface area contributed by atoms with E-state index in [4.69, 9.17) is 21.1 Å². The minimum absolute atomic E-state index is 0.170. The number of unbranched alkanes of at least 4 members (excludes halogenated alkanes) is 38. The van der Waals surface area contributed by atoms with E-state index in [0.29, 0.717) is 26.1 Å². The van der Waals surface area contributed by atoms with Crippen molar-refractivity contribution in [1.29, 1.82) is 0 Å². The Morgan fingerprint density at radius 3 is 0.815 bits per heavy atom. The number of esters is 2. The lowest BCUT2D eigenvalue weighted by molar-refractivity contribution is -0.153. The number of ether oxygens (including phenoxy) is 2. The lowest BCUT2D eigenvalue weighted by Crippen LogP contribution is -2.31. The average molecular weight is 1300 g/mol. The molecule has 2 aromatic rings. The van der Waals surface area contributed by atoms with E-state index in [1.165, 1.54) is 218 Å². The summed E-state index contributed by atoms with van der Waals surface area (Å²) in [5.74, 6) is -8.82. The second-order valence-corrected chi connectivity index (χ2v) is 27.1. The number of carboxylic acid groups (broad SMARTS) is 1. The van der Waals surface area contributed by atoms with Gasteiger partial charge in [-0.25, -0.2) is 0 Å². The zero-order valence-corrected chi connectivity index (χ0v) is 59.8. The van der Waals surface area contributed by atoms with Gasteiger partial charge in [0.1, 0.15) is 29.1 Å². The Morgan fingerprint density at radius 2 is 0.576 bits per heavy atom. The largest absolute Gasteiger partial charge is 0.481 e. The van der Waals surface area contributed by atoms with Crippen LogP contribution in [-0.2, 0) is 47.8 Å². The van der Waals surface area contributed by atoms with Gasteiger partial charge in [-0.2, -0.15) is 0 Å². The third-order valence-electron chi connectivity index (χ3n) is 18.5. The van der Waals surface area contributed by atoms with Gasteiger partial charge in [0.15, 0.2) is 0 Å². The fourth-order valence-corrected chi connectivity index (χ4v) is 12.6. The van der Waals surface area contributed by atoms with Crippen LogP contribution < -0.4 is 0 Å². The van der Waals surface area contributed by atoms with E-state index in [9.17, 15) is 43.5 Å². The third kappa shape index (κ3) is 44.2. The Balaban J connectivity index is 0.000000920. The van der Waals surface area contributed by atoms with Crippen molar-refractivity contribution in [3.63, 3.8) is 0 Å². The molecule has 92 heavy (non-hydrogen) atoms. The average Bonchev–Trinajstić information content (AvgIpc) is 1.000. The highest BCUT2D eigenvalue weighted by Gasteiger charge is 2.35. The molecule has 6 unspecified atom stereocenters. The number of aliphatic carboxylic acids is 1. The first-order valence-electron chi connectivity index (χ1n) is 37.6. The van der Waals surface area contributed by atoms with Gasteiger partial charge in [-0.15, -0.1) is 0 Å². The summed E-state index contributed by atoms with van der Waals surface area (Å²) in [6.07, 6.45) is 52.5. The van der Waals surface area contributed by atoms with Crippen LogP contribution in [0.25, 0.3) is 0 Å². The van der Waals surface area contributed by atoms with Gasteiger partial charge >= 0.3 is 17.9 Å². The van der Waals surface area contributed by atoms with Crippen LogP contribution in [0, 0.1) is 23.7 Å². The van der Waals surface area contributed by atoms with Crippen molar-refractivity contribution in [3.05, 3.63) is 71.8 Å². The van der Waals surface area contributed by atoms with Gasteiger partial charge in [-0.05, 0) is 48.4 Å². The maximum absolute atomic E-state index is 13.0. The molecule has 0 amide bonds. The first-order valence-corrected chi connectivity index (χ1v) is 38.0. The van der Waals surface area contributed by atoms with Crippen LogP contribution in [0.1, 0.15) is 360 Å². The monoisotopic (exact) mass is 1300 g/mol. The number of Topliss-reactive ketones (excluding diaryl/α,β-unsaturated/α-hetero) is 4. The van der Waals surface area contributed by atoms with E-state index in [-0.39, 0.29) is 37.2 Å². The number of carbonyl (C=O) groups is 8. The van der Waals surface area contributed by atoms with Crippen LogP contribution in [0.2, 0.25) is 0 Å². The number of halogens is 1. The van der Waals surface area contributed by atoms with Crippen molar-refractivity contribution in [1.82, 2.24) is 0 Å². The highest BCUT2D eigenvalue weighted by molar-refractivity contribution is 6.65. The highest BCUT2D eigenvalue weighted by Crippen LogP contribution is 2.28. The second kappa shape index (κ2) is 59.0. The molecule has 12 heteroatoms. The molecule has 0 aliphatic carbocycles. The summed E-state index contributed by atoms with van der Waals surface area (Å²) >= 11 is 5.74. The van der Waals surface area contributed by atoms with Crippen molar-refractivity contribution in [3.8, 4) is 0 Å². The van der Waals surface area contributed by atoms with E-state index in [1.54, 1.807) is 13.8 Å². The molecule has 0 saturated heterocycles. The lowest BCUT2D eigenvalue weighted by atomic mass is 9.84. The van der Waals surface area contributed by atoms with E-state index in [2.05, 4.69) is 13.8 Å². The number of hydrogen-bond donors (Lipinski definition) is 1. The quantitative estimate of drug-likeness (QED) is 0.0289. The van der Waals surface area contributed by atoms with Crippen LogP contribution in [0.3, 0.4) is 0 Å². The minimum atomic E-state index is -1.45. The van der Waals surface area contributed by atoms with Gasteiger partial charge < -0.3 is 14.6 Å². The smallest absolute Gasteiger partial charge is 0.314 e. The maximum atomic E-state index is 13.0. The van der Waals surface area contributed by atoms with Gasteiger partial charge in [0, 0.05) is 37.5 Å². The predicted molar refractivity (Wildman–Crippen MR) is 379 cm³/mol. The third-order valence-corrected chi connectivity index (χ3v) is 18.7. The number of rotatable bonds is 62. The standard InChI is InChI=1S/C40H65ClO5.C40H66O6/c1-4-6-7-8-9-10-11-12-13-14-15-16-17-18-19-20-21-22-23-27-30-46-40(45)33(3)31-37(42)36(39(41)44)32-38(43)35(5-2)34-28-25-24-26-29-34;1-4-6-7-8-9-10-11-12-13-14-15-16-17-18-19-20-21-22-23-27-30-46-40(45)33(3)31-37(41)36(39(43)44)32-38(42)35(5-2)34-28-25-24-26-29-34/h24-26,28-29,33,35-36H,4-23,27,30-32H2,1-3H3;24-26,28-29,33,35-36H,4-23,27,30-32H2,1-3H3,(H,43,44). The SMILES string of the molecule is CCCCCCCCCCCCCCCCCCCCCCOC(=O)C(C)CC(=O)C(CC(=O)C(CC)c1ccccc1)C(=O)Cl.CCCCCCCCCCCCCCCCCCCCCCOC(=O)C(C)CC(=O)C(CC(=O)C(CC)c1ccccc1)C(=O)O. The van der Waals surface area contributed by atoms with Gasteiger partial charge in [-0.3, -0.25) is 38.4 Å². The number of ketones is 4. The molecule has 2 rings (SSSR count). The fraction of sp³-hybridized carbons (Fsp3) is 0.750. The van der Waals surface area contributed by atoms with Gasteiger partial charge in [0.25, 0.3) is 0 Å². The highest BCUT2D eigenvalue weighted by atomic mass is 35.5. The molecule has 0 fully saturated rings. The molecular weight excluding hydrogens is 1170 g/mol. The zero-order chi connectivity index (χ0) is 67.7. The Morgan fingerprint density at radius 1 is 0.337 bits per heavy atom. The Labute approximate surface area is 565 Å². The Kier molecular flexibility index (Phi) is 54.9. The molecular formula is C80H131ClO11. The first kappa shape index (κ1) is 85.5. The van der Waals surface area contributed by atoms with Crippen LogP contribution in [0.15, 0.2) is 60.7 Å². The van der Waals surface area contributed by atoms with Crippen LogP contribution in [0.4, 0.5) is 0 Å². The lowest BCUT2D eigenvalue weighted by Gasteiger charge is -2.18. The Bertz CT molecular complexity index is 2040. The minimum Gasteiger partial charge on any atom is -0.481 e. The predicted octanol–water partition coefficient (Wildman–Crippen LogP) is 22.3. The second-order valence-electron chi connectivity index (χ2n) is 26.7. The molecule has 0 radical (unpaired) electrons. The molecule has 0 heterocycles. The zero-order valence-electron chi connectivity index (χ0n) is 59.1. The molecule has 2 aromatic carbocycles. The van der Waals surface area contributed by atoms with Crippen molar-refractivity contribution in [2.45, 2.75) is 349 Å². The summed E-state index contributed by atoms with van der Waals surface area (Å²) < 4.78 is 10.8. The van der Waals surface area contributed by atoms with Gasteiger partial charge in [0.05, 0.1) is 31.0 Å². The normalized spacial score (nSPS) is 13.2. The molecule has 1 N–H and O–H groups in total. The van der Waals surface area contributed by atoms with Crippen molar-refractivity contribution < 1.29 is 52.9 Å². The molecule has 0 aromatic heterocycles. The molecule has 0 bridgehead atoms. The molecule has 6 atom stereocenters. The van der Waals surface area contributed by atoms with E-state index < -0.39 is 70.2 Å². The number of hydrogen-bond acceptors (Lipinski definition) is 10. The fourth-order valence-electron chi connectivity index (χ4n) is 12.4. The van der Waals surface area contributed by atoms with Crippen molar-refractivity contribution in [2.75, 3.05) is 13.2 Å². The summed E-state index contributed by atoms with van der Waals surface area (Å²) in [6, 6.07) is 18.5. The van der Waals surface area contributed by atoms with E-state index >= 15 is 0 Å². The molecule has 0 aliphatic heterocycles. The molecule has 0 aliphatic rings. The summed E-state index contributed by atoms with van der Waals surface area (Å²) in [5.41, 5.74) is 1.67. The van der Waals surface area contributed by atoms with Gasteiger partial charge in [-0.1, -0.05) is 346 Å². The number of benzene rings is 2. The van der Waals surface area contributed by atoms with Crippen LogP contribution in [0.5, 0.6) is 0 Å². The molecule has 524 valence electrons. The topological polar surface area (TPSA) is 175 Å². The molecule has 0 spiro atoms. The van der Waals surface area contributed by atoms with Crippen molar-refractivity contribution in [2.24, 2.45) is 23.7 Å². The summed E-state index contributed by atoms with van der Waals surface area (Å²) in [7, 11) is 0. The number of carbonyl (C=O) groups excluding carboxylic acids is 7. The van der Waals surface area contributed by atoms with E-state index in [0.717, 1.165) is 49.7 Å². The van der Waals surface area contributed by atoms with Crippen LogP contribution in [-0.4, -0.2) is 64.6 Å². The van der Waals surface area contributed by atoms with E-state index in [1.807, 2.05) is 74.5 Å². The Hall–Kier alpha value is -4.51. The van der Waals surface area contributed by atoms with Gasteiger partial charge in [0.2, 0.25) is 5.24 Å². The first-order chi connectivity index (χ1) is 44.6. The molecule has 0 saturated carbocycles.